The number of halogens is 1. The summed E-state index contributed by atoms with van der Waals surface area (Å²) in [6.45, 7) is 3.75. The van der Waals surface area contributed by atoms with E-state index in [0.717, 1.165) is 26.6 Å². The van der Waals surface area contributed by atoms with Crippen LogP contribution in [0.1, 0.15) is 22.4 Å². The molecule has 166 valence electrons. The Hall–Kier alpha value is -2.75. The quantitative estimate of drug-likeness (QED) is 0.581. The molecule has 0 aliphatic carbocycles. The van der Waals surface area contributed by atoms with Crippen molar-refractivity contribution in [2.45, 2.75) is 31.7 Å². The fourth-order valence-electron chi connectivity index (χ4n) is 3.49. The number of aromatic nitrogens is 2. The van der Waals surface area contributed by atoms with E-state index in [2.05, 4.69) is 4.98 Å². The van der Waals surface area contributed by atoms with E-state index in [-0.39, 0.29) is 29.7 Å². The molecule has 0 saturated carbocycles. The molecule has 0 bridgehead atoms. The summed E-state index contributed by atoms with van der Waals surface area (Å²) in [5, 5.41) is 10.2. The summed E-state index contributed by atoms with van der Waals surface area (Å²) < 4.78 is 41.8. The average molecular weight is 447 g/mol. The lowest BCUT2D eigenvalue weighted by Crippen LogP contribution is -2.22. The van der Waals surface area contributed by atoms with E-state index < -0.39 is 10.0 Å². The van der Waals surface area contributed by atoms with Gasteiger partial charge in [0.1, 0.15) is 5.83 Å². The molecule has 31 heavy (non-hydrogen) atoms. The fourth-order valence-corrected chi connectivity index (χ4v) is 4.39. The molecular weight excluding hydrogens is 419 g/mol. The molecule has 0 spiro atoms. The summed E-state index contributed by atoms with van der Waals surface area (Å²) in [5.41, 5.74) is 9.87. The Kier molecular flexibility index (Phi) is 6.49. The molecule has 0 aliphatic heterocycles. The van der Waals surface area contributed by atoms with E-state index in [4.69, 9.17) is 5.73 Å². The Bertz CT molecular complexity index is 1250. The molecule has 0 radical (unpaired) electrons. The maximum atomic E-state index is 14.3. The van der Waals surface area contributed by atoms with Crippen LogP contribution in [-0.2, 0) is 23.0 Å². The number of pyridine rings is 1. The molecule has 9 heteroatoms. The van der Waals surface area contributed by atoms with E-state index in [1.807, 2.05) is 11.5 Å². The zero-order chi connectivity index (χ0) is 22.9. The molecule has 0 saturated heterocycles. The molecule has 3 N–H and O–H groups in total. The highest BCUT2D eigenvalue weighted by molar-refractivity contribution is 7.89. The molecule has 7 nitrogen and oxygen atoms in total. The van der Waals surface area contributed by atoms with Gasteiger partial charge in [0.15, 0.2) is 0 Å². The zero-order valence-corrected chi connectivity index (χ0v) is 18.9. The molecule has 0 unspecified atom stereocenters. The van der Waals surface area contributed by atoms with Crippen molar-refractivity contribution in [3.63, 3.8) is 0 Å². The van der Waals surface area contributed by atoms with E-state index in [1.165, 1.54) is 20.2 Å². The second kappa shape index (κ2) is 8.78. The van der Waals surface area contributed by atoms with Crippen molar-refractivity contribution in [3.8, 4) is 5.88 Å². The van der Waals surface area contributed by atoms with Gasteiger partial charge in [-0.2, -0.15) is 0 Å². The molecule has 0 atom stereocenters. The zero-order valence-electron chi connectivity index (χ0n) is 18.1. The number of nitrogens with two attached hydrogens (primary N) is 1. The number of rotatable bonds is 7. The van der Waals surface area contributed by atoms with Crippen LogP contribution >= 0.6 is 0 Å². The van der Waals surface area contributed by atoms with Gasteiger partial charge in [0, 0.05) is 43.9 Å². The first-order chi connectivity index (χ1) is 14.6. The van der Waals surface area contributed by atoms with Crippen molar-refractivity contribution in [2.24, 2.45) is 5.73 Å². The van der Waals surface area contributed by atoms with Gasteiger partial charge in [-0.15, -0.1) is 0 Å². The number of sulfonamides is 1. The summed E-state index contributed by atoms with van der Waals surface area (Å²) >= 11 is 0. The number of hydrogen-bond acceptors (Lipinski definition) is 5. The second-order valence-electron chi connectivity index (χ2n) is 7.64. The molecule has 3 aromatic rings. The summed E-state index contributed by atoms with van der Waals surface area (Å²) in [6.07, 6.45) is 1.78. The van der Waals surface area contributed by atoms with Crippen LogP contribution in [0.3, 0.4) is 0 Å². The molecule has 2 heterocycles. The predicted octanol–water partition coefficient (Wildman–Crippen LogP) is 3.01. The largest absolute Gasteiger partial charge is 0.493 e. The molecule has 2 aromatic heterocycles. The monoisotopic (exact) mass is 446 g/mol. The van der Waals surface area contributed by atoms with E-state index in [9.17, 15) is 17.9 Å². The van der Waals surface area contributed by atoms with Crippen LogP contribution in [0.25, 0.3) is 11.0 Å². The number of benzene rings is 1. The third-order valence-corrected chi connectivity index (χ3v) is 7.15. The van der Waals surface area contributed by atoms with Crippen molar-refractivity contribution in [2.75, 3.05) is 20.6 Å². The van der Waals surface area contributed by atoms with Gasteiger partial charge >= 0.3 is 0 Å². The number of allylic oxidation sites excluding steroid dienone is 1. The Labute approximate surface area is 181 Å². The third kappa shape index (κ3) is 4.48. The van der Waals surface area contributed by atoms with Gasteiger partial charge in [-0.3, -0.25) is 0 Å². The summed E-state index contributed by atoms with van der Waals surface area (Å²) in [7, 11) is -0.537. The van der Waals surface area contributed by atoms with E-state index >= 15 is 0 Å². The van der Waals surface area contributed by atoms with Crippen molar-refractivity contribution in [3.05, 3.63) is 64.6 Å². The van der Waals surface area contributed by atoms with E-state index in [1.54, 1.807) is 37.3 Å². The SMILES string of the molecule is Cc1cc2c(nc1O)c(Cc1ccc(S(=O)(=O)N(C)C)cc1)c(C)n2CC(F)=CCN. The Morgan fingerprint density at radius 1 is 1.26 bits per heavy atom. The number of aryl methyl sites for hydroxylation is 1. The lowest BCUT2D eigenvalue weighted by molar-refractivity contribution is 0.451. The lowest BCUT2D eigenvalue weighted by atomic mass is 10.0. The molecule has 3 rings (SSSR count). The molecule has 0 amide bonds. The van der Waals surface area contributed by atoms with Crippen LogP contribution < -0.4 is 5.73 Å². The van der Waals surface area contributed by atoms with Gasteiger partial charge in [0.05, 0.1) is 22.5 Å². The minimum absolute atomic E-state index is 0.0193. The average Bonchev–Trinajstić information content (AvgIpc) is 2.94. The lowest BCUT2D eigenvalue weighted by Gasteiger charge is -2.12. The second-order valence-corrected chi connectivity index (χ2v) is 9.79. The van der Waals surface area contributed by atoms with Crippen LogP contribution in [-0.4, -0.2) is 48.0 Å². The molecular formula is C22H27FN4O3S. The Balaban J connectivity index is 2.07. The smallest absolute Gasteiger partial charge is 0.242 e. The summed E-state index contributed by atoms with van der Waals surface area (Å²) in [4.78, 5) is 4.56. The topological polar surface area (TPSA) is 101 Å². The first kappa shape index (κ1) is 22.9. The van der Waals surface area contributed by atoms with Crippen molar-refractivity contribution in [1.29, 1.82) is 0 Å². The van der Waals surface area contributed by atoms with Crippen LogP contribution in [0.4, 0.5) is 4.39 Å². The van der Waals surface area contributed by atoms with Gasteiger partial charge in [0.2, 0.25) is 15.9 Å². The van der Waals surface area contributed by atoms with Gasteiger partial charge in [0.25, 0.3) is 0 Å². The van der Waals surface area contributed by atoms with Crippen LogP contribution in [0.15, 0.2) is 47.1 Å². The van der Waals surface area contributed by atoms with Crippen molar-refractivity contribution >= 4 is 21.1 Å². The fraction of sp³-hybridized carbons (Fsp3) is 0.318. The van der Waals surface area contributed by atoms with Gasteiger partial charge < -0.3 is 15.4 Å². The minimum atomic E-state index is -3.51. The Morgan fingerprint density at radius 2 is 1.90 bits per heavy atom. The van der Waals surface area contributed by atoms with Crippen molar-refractivity contribution in [1.82, 2.24) is 13.9 Å². The molecule has 1 aromatic carbocycles. The Morgan fingerprint density at radius 3 is 2.48 bits per heavy atom. The molecule has 0 fully saturated rings. The number of fused-ring (bicyclic) bond motifs is 1. The van der Waals surface area contributed by atoms with Crippen LogP contribution in [0, 0.1) is 13.8 Å². The van der Waals surface area contributed by atoms with Gasteiger partial charge in [-0.1, -0.05) is 12.1 Å². The van der Waals surface area contributed by atoms with Gasteiger partial charge in [-0.05, 0) is 43.7 Å². The maximum Gasteiger partial charge on any atom is 0.242 e. The molecule has 0 aliphatic rings. The van der Waals surface area contributed by atoms with E-state index in [0.29, 0.717) is 17.5 Å². The standard InChI is InChI=1S/C22H27FN4O3S/c1-14-11-20-21(25-22(14)28)19(15(2)27(20)13-17(23)9-10-24)12-16-5-7-18(8-6-16)31(29,30)26(3)4/h5-9,11H,10,12-13,24H2,1-4H3,(H,25,28). The normalized spacial score (nSPS) is 12.8. The minimum Gasteiger partial charge on any atom is -0.493 e. The summed E-state index contributed by atoms with van der Waals surface area (Å²) in [6, 6.07) is 8.43. The van der Waals surface area contributed by atoms with Crippen LogP contribution in [0.2, 0.25) is 0 Å². The third-order valence-electron chi connectivity index (χ3n) is 5.32. The number of nitrogens with zero attached hydrogens (tertiary/aromatic N) is 3. The highest BCUT2D eigenvalue weighted by atomic mass is 32.2. The predicted molar refractivity (Wildman–Crippen MR) is 119 cm³/mol. The highest BCUT2D eigenvalue weighted by Gasteiger charge is 2.20. The summed E-state index contributed by atoms with van der Waals surface area (Å²) in [5.74, 6) is -0.422. The van der Waals surface area contributed by atoms with Crippen molar-refractivity contribution < 1.29 is 17.9 Å². The first-order valence-electron chi connectivity index (χ1n) is 9.80. The number of aromatic hydroxyl groups is 1. The highest BCUT2D eigenvalue weighted by Crippen LogP contribution is 2.31. The van der Waals surface area contributed by atoms with Crippen LogP contribution in [0.5, 0.6) is 5.88 Å². The number of hydrogen-bond donors (Lipinski definition) is 2. The maximum absolute atomic E-state index is 14.3. The van der Waals surface area contributed by atoms with Gasteiger partial charge in [-0.25, -0.2) is 22.1 Å². The first-order valence-corrected chi connectivity index (χ1v) is 11.2.